The maximum atomic E-state index is 5.98. The summed E-state index contributed by atoms with van der Waals surface area (Å²) in [7, 11) is 0. The SMILES string of the molecule is CC(N)C1(c2ccccc2)COC1. The lowest BCUT2D eigenvalue weighted by molar-refractivity contribution is -0.0701. The summed E-state index contributed by atoms with van der Waals surface area (Å²) in [6.45, 7) is 3.57. The molecule has 0 aromatic heterocycles. The molecule has 1 aliphatic heterocycles. The van der Waals surface area contributed by atoms with Crippen LogP contribution in [0.3, 0.4) is 0 Å². The average Bonchev–Trinajstić information content (AvgIpc) is 2.03. The highest BCUT2D eigenvalue weighted by molar-refractivity contribution is 5.29. The van der Waals surface area contributed by atoms with Crippen molar-refractivity contribution in [3.05, 3.63) is 35.9 Å². The summed E-state index contributed by atoms with van der Waals surface area (Å²) in [6, 6.07) is 10.6. The number of hydrogen-bond acceptors (Lipinski definition) is 2. The number of nitrogens with two attached hydrogens (primary N) is 1. The molecule has 0 saturated carbocycles. The topological polar surface area (TPSA) is 35.2 Å². The Bertz CT molecular complexity index is 277. The third-order valence-corrected chi connectivity index (χ3v) is 2.94. The van der Waals surface area contributed by atoms with Gasteiger partial charge in [-0.3, -0.25) is 0 Å². The van der Waals surface area contributed by atoms with Crippen molar-refractivity contribution in [3.63, 3.8) is 0 Å². The van der Waals surface area contributed by atoms with Gasteiger partial charge in [-0.25, -0.2) is 0 Å². The van der Waals surface area contributed by atoms with E-state index in [4.69, 9.17) is 10.5 Å². The first-order chi connectivity index (χ1) is 6.26. The van der Waals surface area contributed by atoms with Gasteiger partial charge >= 0.3 is 0 Å². The van der Waals surface area contributed by atoms with Crippen LogP contribution in [0.1, 0.15) is 12.5 Å². The van der Waals surface area contributed by atoms with Crippen LogP contribution in [0.25, 0.3) is 0 Å². The van der Waals surface area contributed by atoms with Gasteiger partial charge in [-0.05, 0) is 12.5 Å². The van der Waals surface area contributed by atoms with Crippen molar-refractivity contribution in [2.75, 3.05) is 13.2 Å². The van der Waals surface area contributed by atoms with Crippen LogP contribution < -0.4 is 5.73 Å². The first kappa shape index (κ1) is 8.73. The van der Waals surface area contributed by atoms with Gasteiger partial charge in [-0.15, -0.1) is 0 Å². The van der Waals surface area contributed by atoms with Crippen molar-refractivity contribution >= 4 is 0 Å². The Morgan fingerprint density at radius 1 is 1.31 bits per heavy atom. The zero-order chi connectivity index (χ0) is 9.31. The minimum atomic E-state index is 0.0707. The molecule has 13 heavy (non-hydrogen) atoms. The van der Waals surface area contributed by atoms with E-state index < -0.39 is 0 Å². The predicted molar refractivity (Wildman–Crippen MR) is 52.6 cm³/mol. The second kappa shape index (κ2) is 3.13. The Kier molecular flexibility index (Phi) is 2.10. The van der Waals surface area contributed by atoms with Gasteiger partial charge in [0.25, 0.3) is 0 Å². The number of benzene rings is 1. The molecule has 70 valence electrons. The lowest BCUT2D eigenvalue weighted by Gasteiger charge is -2.45. The fourth-order valence-electron chi connectivity index (χ4n) is 1.78. The Balaban J connectivity index is 2.32. The van der Waals surface area contributed by atoms with E-state index in [1.807, 2.05) is 6.07 Å². The highest BCUT2D eigenvalue weighted by atomic mass is 16.5. The van der Waals surface area contributed by atoms with Gasteiger partial charge in [0, 0.05) is 6.04 Å². The van der Waals surface area contributed by atoms with Crippen molar-refractivity contribution in [2.45, 2.75) is 18.4 Å². The van der Waals surface area contributed by atoms with Crippen molar-refractivity contribution < 1.29 is 4.74 Å². The number of hydrogen-bond donors (Lipinski definition) is 1. The van der Waals surface area contributed by atoms with Crippen LogP contribution in [0.2, 0.25) is 0 Å². The van der Waals surface area contributed by atoms with Gasteiger partial charge in [0.2, 0.25) is 0 Å². The van der Waals surface area contributed by atoms with E-state index in [0.717, 1.165) is 13.2 Å². The number of ether oxygens (including phenoxy) is 1. The van der Waals surface area contributed by atoms with Gasteiger partial charge in [0.1, 0.15) is 0 Å². The Labute approximate surface area is 78.7 Å². The van der Waals surface area contributed by atoms with Crippen LogP contribution in [0, 0.1) is 0 Å². The molecular weight excluding hydrogens is 162 g/mol. The fraction of sp³-hybridized carbons (Fsp3) is 0.455. The number of rotatable bonds is 2. The molecule has 1 aromatic carbocycles. The van der Waals surface area contributed by atoms with Gasteiger partial charge in [0.05, 0.1) is 18.6 Å². The van der Waals surface area contributed by atoms with Crippen molar-refractivity contribution in [1.82, 2.24) is 0 Å². The van der Waals surface area contributed by atoms with Gasteiger partial charge in [-0.1, -0.05) is 30.3 Å². The van der Waals surface area contributed by atoms with E-state index in [1.165, 1.54) is 5.56 Å². The maximum absolute atomic E-state index is 5.98. The Morgan fingerprint density at radius 2 is 1.92 bits per heavy atom. The van der Waals surface area contributed by atoms with Gasteiger partial charge in [-0.2, -0.15) is 0 Å². The third-order valence-electron chi connectivity index (χ3n) is 2.94. The summed E-state index contributed by atoms with van der Waals surface area (Å²) in [4.78, 5) is 0. The highest BCUT2D eigenvalue weighted by Gasteiger charge is 2.43. The molecule has 0 spiro atoms. The highest BCUT2D eigenvalue weighted by Crippen LogP contribution is 2.34. The summed E-state index contributed by atoms with van der Waals surface area (Å²) in [5, 5.41) is 0. The zero-order valence-electron chi connectivity index (χ0n) is 7.86. The van der Waals surface area contributed by atoms with E-state index >= 15 is 0 Å². The second-order valence-electron chi connectivity index (χ2n) is 3.80. The van der Waals surface area contributed by atoms with E-state index in [1.54, 1.807) is 0 Å². The monoisotopic (exact) mass is 177 g/mol. The van der Waals surface area contributed by atoms with Gasteiger partial charge < -0.3 is 10.5 Å². The minimum absolute atomic E-state index is 0.0707. The Hall–Kier alpha value is -0.860. The van der Waals surface area contributed by atoms with Gasteiger partial charge in [0.15, 0.2) is 0 Å². The fourth-order valence-corrected chi connectivity index (χ4v) is 1.78. The zero-order valence-corrected chi connectivity index (χ0v) is 7.86. The summed E-state index contributed by atoms with van der Waals surface area (Å²) >= 11 is 0. The molecule has 1 heterocycles. The lowest BCUT2D eigenvalue weighted by atomic mass is 9.73. The van der Waals surface area contributed by atoms with Crippen molar-refractivity contribution in [1.29, 1.82) is 0 Å². The molecule has 0 amide bonds. The third kappa shape index (κ3) is 1.26. The molecular formula is C11H15NO. The average molecular weight is 177 g/mol. The normalized spacial score (nSPS) is 22.0. The summed E-state index contributed by atoms with van der Waals surface area (Å²) in [5.41, 5.74) is 7.36. The van der Waals surface area contributed by atoms with Crippen LogP contribution in [0.15, 0.2) is 30.3 Å². The molecule has 1 aromatic rings. The Morgan fingerprint density at radius 3 is 2.31 bits per heavy atom. The van der Waals surface area contributed by atoms with Crippen molar-refractivity contribution in [3.8, 4) is 0 Å². The molecule has 1 saturated heterocycles. The van der Waals surface area contributed by atoms with E-state index in [9.17, 15) is 0 Å². The largest absolute Gasteiger partial charge is 0.379 e. The van der Waals surface area contributed by atoms with Crippen LogP contribution in [0.4, 0.5) is 0 Å². The minimum Gasteiger partial charge on any atom is -0.379 e. The molecule has 2 N–H and O–H groups in total. The second-order valence-corrected chi connectivity index (χ2v) is 3.80. The molecule has 2 heteroatoms. The summed E-state index contributed by atoms with van der Waals surface area (Å²) < 4.78 is 5.27. The smallest absolute Gasteiger partial charge is 0.0600 e. The molecule has 0 bridgehead atoms. The molecule has 1 fully saturated rings. The molecule has 2 nitrogen and oxygen atoms in total. The molecule has 0 radical (unpaired) electrons. The van der Waals surface area contributed by atoms with E-state index in [0.29, 0.717) is 0 Å². The standard InChI is InChI=1S/C11H15NO/c1-9(12)11(7-13-8-11)10-5-3-2-4-6-10/h2-6,9H,7-8,12H2,1H3. The van der Waals surface area contributed by atoms with E-state index in [-0.39, 0.29) is 11.5 Å². The molecule has 1 unspecified atom stereocenters. The predicted octanol–water partition coefficient (Wildman–Crippen LogP) is 1.30. The van der Waals surface area contributed by atoms with Crippen molar-refractivity contribution in [2.24, 2.45) is 5.73 Å². The molecule has 1 aliphatic rings. The first-order valence-electron chi connectivity index (χ1n) is 4.64. The van der Waals surface area contributed by atoms with Crippen LogP contribution in [-0.4, -0.2) is 19.3 Å². The quantitative estimate of drug-likeness (QED) is 0.739. The molecule has 1 atom stereocenters. The molecule has 2 rings (SSSR count). The lowest BCUT2D eigenvalue weighted by Crippen LogP contribution is -2.57. The molecule has 0 aliphatic carbocycles. The summed E-state index contributed by atoms with van der Waals surface area (Å²) in [6.07, 6.45) is 0. The van der Waals surface area contributed by atoms with Crippen LogP contribution in [0.5, 0.6) is 0 Å². The first-order valence-corrected chi connectivity index (χ1v) is 4.64. The van der Waals surface area contributed by atoms with Crippen LogP contribution in [-0.2, 0) is 10.2 Å². The van der Waals surface area contributed by atoms with E-state index in [2.05, 4.69) is 31.2 Å². The maximum Gasteiger partial charge on any atom is 0.0600 e. The van der Waals surface area contributed by atoms with Crippen LogP contribution >= 0.6 is 0 Å². The summed E-state index contributed by atoms with van der Waals surface area (Å²) in [5.74, 6) is 0.